The highest BCUT2D eigenvalue weighted by molar-refractivity contribution is 6.25. The van der Waals surface area contributed by atoms with Gasteiger partial charge in [-0.05, 0) is 73.1 Å². The number of rotatable bonds is 12. The minimum Gasteiger partial charge on any atom is -0.511 e. The Kier molecular flexibility index (Phi) is 10.5. The number of aliphatic hydroxyl groups excluding tert-OH is 1. The first-order chi connectivity index (χ1) is 17.7. The average Bonchev–Trinajstić information content (AvgIpc) is 2.80. The van der Waals surface area contributed by atoms with Crippen LogP contribution in [-0.4, -0.2) is 33.9 Å². The van der Waals surface area contributed by atoms with E-state index in [1.807, 2.05) is 47.6 Å². The number of aliphatic carboxylic acids is 1. The van der Waals surface area contributed by atoms with Crippen LogP contribution in [0.15, 0.2) is 58.1 Å². The first kappa shape index (κ1) is 31.3. The van der Waals surface area contributed by atoms with Crippen molar-refractivity contribution < 1.29 is 29.3 Å². The van der Waals surface area contributed by atoms with Gasteiger partial charge in [-0.2, -0.15) is 0 Å². The Morgan fingerprint density at radius 1 is 1.11 bits per heavy atom. The Hall–Kier alpha value is -2.89. The fourth-order valence-corrected chi connectivity index (χ4v) is 5.41. The summed E-state index contributed by atoms with van der Waals surface area (Å²) >= 11 is 0. The molecule has 2 aliphatic rings. The lowest BCUT2D eigenvalue weighted by molar-refractivity contribution is -0.137. The molecule has 0 aromatic rings. The smallest absolute Gasteiger partial charge is 0.303 e. The number of hydrogen-bond acceptors (Lipinski definition) is 5. The molecule has 0 radical (unpaired) electrons. The van der Waals surface area contributed by atoms with Gasteiger partial charge in [-0.25, -0.2) is 0 Å². The van der Waals surface area contributed by atoms with Crippen LogP contribution >= 0.6 is 0 Å². The molecule has 210 valence electrons. The summed E-state index contributed by atoms with van der Waals surface area (Å²) in [7, 11) is 0. The molecule has 0 aromatic carbocycles. The third-order valence-corrected chi connectivity index (χ3v) is 7.94. The maximum atomic E-state index is 14.5. The summed E-state index contributed by atoms with van der Waals surface area (Å²) in [4.78, 5) is 40.1. The van der Waals surface area contributed by atoms with Crippen LogP contribution in [0, 0.1) is 23.2 Å². The second-order valence-corrected chi connectivity index (χ2v) is 11.7. The van der Waals surface area contributed by atoms with E-state index in [0.29, 0.717) is 24.8 Å². The molecular weight excluding hydrogens is 480 g/mol. The minimum absolute atomic E-state index is 0.0280. The molecule has 6 heteroatoms. The number of Topliss-reactive ketones (excluding diaryl/α,β-unsaturated/α-hetero) is 2. The Bertz CT molecular complexity index is 1090. The molecule has 38 heavy (non-hydrogen) atoms. The van der Waals surface area contributed by atoms with Gasteiger partial charge in [0.2, 0.25) is 0 Å². The van der Waals surface area contributed by atoms with Gasteiger partial charge in [0.15, 0.2) is 11.6 Å². The fourth-order valence-electron chi connectivity index (χ4n) is 5.41. The standard InChI is InChI=1S/C32H46O6/c1-10-11-23(16-25(33)34)26-29-27(28(35)21(8)22(9)38-29)31(37)32(30(26)36,15-14-19(4)5)17-24(20(6)7)13-12-18(2)3/h12,14,21-24,36H,6,10-11,13,15-17H2,1-5,7-9H3,(H,33,34). The first-order valence-corrected chi connectivity index (χ1v) is 13.8. The van der Waals surface area contributed by atoms with Crippen molar-refractivity contribution in [1.29, 1.82) is 0 Å². The summed E-state index contributed by atoms with van der Waals surface area (Å²) in [6, 6.07) is 0. The molecule has 6 nitrogen and oxygen atoms in total. The number of carboxylic acids is 1. The topological polar surface area (TPSA) is 101 Å². The van der Waals surface area contributed by atoms with Crippen molar-refractivity contribution in [3.8, 4) is 0 Å². The molecule has 0 saturated carbocycles. The van der Waals surface area contributed by atoms with Gasteiger partial charge in [0.1, 0.15) is 23.2 Å². The van der Waals surface area contributed by atoms with E-state index in [-0.39, 0.29) is 48.1 Å². The summed E-state index contributed by atoms with van der Waals surface area (Å²) in [5, 5.41) is 21.9. The molecule has 1 heterocycles. The maximum Gasteiger partial charge on any atom is 0.303 e. The van der Waals surface area contributed by atoms with Crippen molar-refractivity contribution in [1.82, 2.24) is 0 Å². The monoisotopic (exact) mass is 526 g/mol. The molecular formula is C32H46O6. The predicted molar refractivity (Wildman–Crippen MR) is 151 cm³/mol. The second-order valence-electron chi connectivity index (χ2n) is 11.7. The van der Waals surface area contributed by atoms with Crippen molar-refractivity contribution in [2.24, 2.45) is 23.2 Å². The third kappa shape index (κ3) is 6.57. The zero-order valence-corrected chi connectivity index (χ0v) is 24.4. The van der Waals surface area contributed by atoms with Gasteiger partial charge in [0.05, 0.1) is 17.8 Å². The summed E-state index contributed by atoms with van der Waals surface area (Å²) in [6.07, 6.45) is 5.50. The van der Waals surface area contributed by atoms with E-state index in [1.165, 1.54) is 0 Å². The van der Waals surface area contributed by atoms with Crippen LogP contribution in [0.25, 0.3) is 0 Å². The van der Waals surface area contributed by atoms with Gasteiger partial charge in [-0.1, -0.05) is 55.7 Å². The van der Waals surface area contributed by atoms with Crippen LogP contribution in [0.1, 0.15) is 93.9 Å². The fraction of sp³-hybridized carbons (Fsp3) is 0.594. The Balaban J connectivity index is 2.94. The van der Waals surface area contributed by atoms with Crippen molar-refractivity contribution in [2.45, 2.75) is 100 Å². The summed E-state index contributed by atoms with van der Waals surface area (Å²) in [5.74, 6) is -3.11. The molecule has 2 N–H and O–H groups in total. The third-order valence-electron chi connectivity index (χ3n) is 7.94. The van der Waals surface area contributed by atoms with Gasteiger partial charge in [0.25, 0.3) is 0 Å². The predicted octanol–water partition coefficient (Wildman–Crippen LogP) is 7.43. The van der Waals surface area contributed by atoms with Crippen molar-refractivity contribution in [3.05, 3.63) is 58.1 Å². The Morgan fingerprint density at radius 3 is 2.21 bits per heavy atom. The van der Waals surface area contributed by atoms with Gasteiger partial charge < -0.3 is 14.9 Å². The molecule has 0 saturated heterocycles. The number of ether oxygens (including phenoxy) is 1. The lowest BCUT2D eigenvalue weighted by atomic mass is 9.61. The van der Waals surface area contributed by atoms with Crippen molar-refractivity contribution >= 4 is 17.5 Å². The highest BCUT2D eigenvalue weighted by Gasteiger charge is 2.55. The number of carbonyl (C=O) groups is 3. The van der Waals surface area contributed by atoms with E-state index in [9.17, 15) is 24.6 Å². The highest BCUT2D eigenvalue weighted by Crippen LogP contribution is 2.53. The minimum atomic E-state index is -1.42. The van der Waals surface area contributed by atoms with Crippen LogP contribution in [-0.2, 0) is 19.1 Å². The summed E-state index contributed by atoms with van der Waals surface area (Å²) < 4.78 is 6.17. The second kappa shape index (κ2) is 12.8. The summed E-state index contributed by atoms with van der Waals surface area (Å²) in [5.41, 5.74) is 1.85. The van der Waals surface area contributed by atoms with Crippen LogP contribution < -0.4 is 0 Å². The zero-order chi connectivity index (χ0) is 28.9. The van der Waals surface area contributed by atoms with E-state index in [2.05, 4.69) is 12.7 Å². The van der Waals surface area contributed by atoms with Crippen molar-refractivity contribution in [3.63, 3.8) is 0 Å². The Morgan fingerprint density at radius 2 is 1.71 bits per heavy atom. The van der Waals surface area contributed by atoms with E-state index in [0.717, 1.165) is 16.7 Å². The number of aliphatic hydroxyl groups is 1. The molecule has 1 aliphatic carbocycles. The van der Waals surface area contributed by atoms with Crippen LogP contribution in [0.2, 0.25) is 0 Å². The lowest BCUT2D eigenvalue weighted by Crippen LogP contribution is -2.47. The Labute approximate surface area is 228 Å². The largest absolute Gasteiger partial charge is 0.511 e. The molecule has 1 aliphatic heterocycles. The van der Waals surface area contributed by atoms with Crippen LogP contribution in [0.4, 0.5) is 0 Å². The molecule has 0 fully saturated rings. The normalized spacial score (nSPS) is 24.8. The number of ketones is 2. The van der Waals surface area contributed by atoms with E-state index < -0.39 is 35.1 Å². The van der Waals surface area contributed by atoms with Crippen LogP contribution in [0.3, 0.4) is 0 Å². The van der Waals surface area contributed by atoms with E-state index >= 15 is 0 Å². The molecule has 2 rings (SSSR count). The number of allylic oxidation sites excluding steroid dienone is 8. The lowest BCUT2D eigenvalue weighted by Gasteiger charge is -2.44. The van der Waals surface area contributed by atoms with Gasteiger partial charge in [-0.15, -0.1) is 0 Å². The van der Waals surface area contributed by atoms with Crippen LogP contribution in [0.5, 0.6) is 0 Å². The van der Waals surface area contributed by atoms with Gasteiger partial charge >= 0.3 is 5.97 Å². The number of hydrogen-bond donors (Lipinski definition) is 2. The number of carbonyl (C=O) groups excluding carboxylic acids is 2. The summed E-state index contributed by atoms with van der Waals surface area (Å²) in [6.45, 7) is 19.4. The van der Waals surface area contributed by atoms with E-state index in [4.69, 9.17) is 4.74 Å². The molecule has 5 unspecified atom stereocenters. The van der Waals surface area contributed by atoms with E-state index in [1.54, 1.807) is 13.8 Å². The zero-order valence-electron chi connectivity index (χ0n) is 24.4. The van der Waals surface area contributed by atoms with Gasteiger partial charge in [0, 0.05) is 11.5 Å². The average molecular weight is 527 g/mol. The van der Waals surface area contributed by atoms with Crippen molar-refractivity contribution in [2.75, 3.05) is 0 Å². The molecule has 0 aromatic heterocycles. The molecule has 0 bridgehead atoms. The highest BCUT2D eigenvalue weighted by atomic mass is 16.5. The molecule has 5 atom stereocenters. The quantitative estimate of drug-likeness (QED) is 0.202. The molecule has 0 spiro atoms. The number of carboxylic acid groups (broad SMARTS) is 1. The molecule has 0 amide bonds. The van der Waals surface area contributed by atoms with Gasteiger partial charge in [-0.3, -0.25) is 14.4 Å². The maximum absolute atomic E-state index is 14.5. The first-order valence-electron chi connectivity index (χ1n) is 13.8. The SMILES string of the molecule is C=C(C)C(CC=C(C)C)CC1(CC=C(C)C)C(=O)C2=C(OC(C)C(C)C2=O)C(C(CCC)CC(=O)O)=C1O.